The molecule has 29 heavy (non-hydrogen) atoms. The highest BCUT2D eigenvalue weighted by Gasteiger charge is 2.12. The number of ketones is 1. The zero-order valence-corrected chi connectivity index (χ0v) is 16.3. The number of anilines is 1. The standard InChI is InChI=1S/C22H24N4O3/c27-18-8-3-1-2-4-13-29-21-11-12-26-22(25-21)19(15-23-26)16-6-5-7-17(14-16)24-20(28)10-9-18/h5-7,11-12,14-15H,1-4,8-10,13H2,(H,24,28). The van der Waals surface area contributed by atoms with E-state index in [1.807, 2.05) is 36.5 Å². The molecule has 150 valence electrons. The lowest BCUT2D eigenvalue weighted by molar-refractivity contribution is -0.123. The van der Waals surface area contributed by atoms with Crippen LogP contribution in [0.3, 0.4) is 0 Å². The summed E-state index contributed by atoms with van der Waals surface area (Å²) in [4.78, 5) is 28.9. The van der Waals surface area contributed by atoms with Gasteiger partial charge in [-0.15, -0.1) is 0 Å². The van der Waals surface area contributed by atoms with Crippen LogP contribution >= 0.6 is 0 Å². The van der Waals surface area contributed by atoms with Gasteiger partial charge in [0.1, 0.15) is 5.78 Å². The van der Waals surface area contributed by atoms with Crippen LogP contribution in [0.2, 0.25) is 0 Å². The average molecular weight is 392 g/mol. The second-order valence-corrected chi connectivity index (χ2v) is 7.27. The van der Waals surface area contributed by atoms with Crippen molar-refractivity contribution in [3.8, 4) is 17.0 Å². The third-order valence-electron chi connectivity index (χ3n) is 5.03. The molecule has 0 atom stereocenters. The maximum absolute atomic E-state index is 12.2. The van der Waals surface area contributed by atoms with E-state index in [2.05, 4.69) is 15.4 Å². The van der Waals surface area contributed by atoms with Crippen molar-refractivity contribution < 1.29 is 14.3 Å². The van der Waals surface area contributed by atoms with Gasteiger partial charge in [-0.2, -0.15) is 10.1 Å². The van der Waals surface area contributed by atoms with E-state index in [0.717, 1.165) is 36.8 Å². The minimum Gasteiger partial charge on any atom is -0.478 e. The van der Waals surface area contributed by atoms with Crippen molar-refractivity contribution in [2.75, 3.05) is 11.9 Å². The number of Topliss-reactive ketones (excluding diaryl/α,β-unsaturated/α-hetero) is 1. The summed E-state index contributed by atoms with van der Waals surface area (Å²) in [6.07, 6.45) is 8.36. The maximum Gasteiger partial charge on any atom is 0.224 e. The molecule has 1 N–H and O–H groups in total. The topological polar surface area (TPSA) is 85.6 Å². The minimum absolute atomic E-state index is 0.144. The monoisotopic (exact) mass is 392 g/mol. The van der Waals surface area contributed by atoms with E-state index < -0.39 is 0 Å². The molecule has 4 bridgehead atoms. The lowest BCUT2D eigenvalue weighted by Crippen LogP contribution is -2.13. The normalized spacial score (nSPS) is 16.6. The number of benzene rings is 1. The summed E-state index contributed by atoms with van der Waals surface area (Å²) >= 11 is 0. The Morgan fingerprint density at radius 1 is 1.00 bits per heavy atom. The smallest absolute Gasteiger partial charge is 0.224 e. The van der Waals surface area contributed by atoms with Gasteiger partial charge in [0, 0.05) is 42.8 Å². The van der Waals surface area contributed by atoms with Crippen LogP contribution in [-0.2, 0) is 9.59 Å². The average Bonchev–Trinajstić information content (AvgIpc) is 3.14. The molecular formula is C22H24N4O3. The van der Waals surface area contributed by atoms with Gasteiger partial charge in [-0.1, -0.05) is 25.0 Å². The number of amides is 1. The zero-order valence-electron chi connectivity index (χ0n) is 16.3. The number of hydrogen-bond acceptors (Lipinski definition) is 5. The Bertz CT molecular complexity index is 1030. The van der Waals surface area contributed by atoms with Crippen molar-refractivity contribution in [3.63, 3.8) is 0 Å². The third kappa shape index (κ3) is 4.80. The van der Waals surface area contributed by atoms with Crippen molar-refractivity contribution in [2.45, 2.75) is 44.9 Å². The van der Waals surface area contributed by atoms with Crippen LogP contribution in [0, 0.1) is 0 Å². The first kappa shape index (κ1) is 19.1. The van der Waals surface area contributed by atoms with Gasteiger partial charge in [0.25, 0.3) is 0 Å². The Hall–Kier alpha value is -3.22. The summed E-state index contributed by atoms with van der Waals surface area (Å²) in [5, 5.41) is 7.25. The molecule has 0 spiro atoms. The lowest BCUT2D eigenvalue weighted by Gasteiger charge is -2.07. The molecule has 1 aliphatic heterocycles. The number of nitrogens with one attached hydrogen (secondary N) is 1. The molecule has 0 radical (unpaired) electrons. The molecular weight excluding hydrogens is 368 g/mol. The molecule has 3 aromatic rings. The molecule has 0 saturated carbocycles. The second kappa shape index (κ2) is 8.86. The molecule has 0 aliphatic carbocycles. The molecule has 2 aromatic heterocycles. The lowest BCUT2D eigenvalue weighted by atomic mass is 10.1. The second-order valence-electron chi connectivity index (χ2n) is 7.27. The predicted molar refractivity (Wildman–Crippen MR) is 110 cm³/mol. The fourth-order valence-corrected chi connectivity index (χ4v) is 3.46. The van der Waals surface area contributed by atoms with Crippen LogP contribution in [-0.4, -0.2) is 32.9 Å². The summed E-state index contributed by atoms with van der Waals surface area (Å²) in [6.45, 7) is 0.592. The van der Waals surface area contributed by atoms with Crippen molar-refractivity contribution in [1.29, 1.82) is 0 Å². The molecule has 3 heterocycles. The van der Waals surface area contributed by atoms with Crippen molar-refractivity contribution in [3.05, 3.63) is 42.7 Å². The highest BCUT2D eigenvalue weighted by molar-refractivity contribution is 5.94. The Labute approximate surface area is 169 Å². The molecule has 1 aromatic carbocycles. The molecule has 7 heteroatoms. The SMILES string of the molecule is O=C1CCCCCCOc2ccn3ncc(c3n2)-c2cccc(c2)NC(=O)CC1. The fourth-order valence-electron chi connectivity index (χ4n) is 3.46. The highest BCUT2D eigenvalue weighted by Crippen LogP contribution is 2.27. The molecule has 1 amide bonds. The number of carbonyl (C=O) groups is 2. The number of hydrogen-bond donors (Lipinski definition) is 1. The number of ether oxygens (including phenoxy) is 1. The zero-order chi connectivity index (χ0) is 20.1. The van der Waals surface area contributed by atoms with Gasteiger partial charge in [-0.3, -0.25) is 9.59 Å². The molecule has 1 aliphatic rings. The molecule has 7 nitrogen and oxygen atoms in total. The van der Waals surface area contributed by atoms with Crippen LogP contribution in [0.1, 0.15) is 44.9 Å². The first-order valence-corrected chi connectivity index (χ1v) is 10.1. The van der Waals surface area contributed by atoms with Gasteiger partial charge in [0.2, 0.25) is 11.8 Å². The largest absolute Gasteiger partial charge is 0.478 e. The van der Waals surface area contributed by atoms with E-state index in [1.165, 1.54) is 0 Å². The van der Waals surface area contributed by atoms with Gasteiger partial charge < -0.3 is 10.1 Å². The highest BCUT2D eigenvalue weighted by atomic mass is 16.5. The number of rotatable bonds is 0. The molecule has 4 rings (SSSR count). The van der Waals surface area contributed by atoms with Crippen LogP contribution in [0.25, 0.3) is 16.8 Å². The predicted octanol–water partition coefficient (Wildman–Crippen LogP) is 4.03. The van der Waals surface area contributed by atoms with E-state index >= 15 is 0 Å². The number of nitrogens with zero attached hydrogens (tertiary/aromatic N) is 3. The first-order valence-electron chi connectivity index (χ1n) is 10.1. The Balaban J connectivity index is 1.63. The van der Waals surface area contributed by atoms with E-state index in [4.69, 9.17) is 4.74 Å². The van der Waals surface area contributed by atoms with Gasteiger partial charge in [-0.05, 0) is 30.5 Å². The van der Waals surface area contributed by atoms with Gasteiger partial charge in [0.15, 0.2) is 5.65 Å². The van der Waals surface area contributed by atoms with E-state index in [9.17, 15) is 9.59 Å². The number of fused-ring (bicyclic) bond motifs is 4. The number of aromatic nitrogens is 3. The Kier molecular flexibility index (Phi) is 5.84. The third-order valence-corrected chi connectivity index (χ3v) is 5.03. The number of carbonyl (C=O) groups excluding carboxylic acids is 2. The first-order chi connectivity index (χ1) is 14.2. The van der Waals surface area contributed by atoms with Crippen LogP contribution in [0.4, 0.5) is 5.69 Å². The van der Waals surface area contributed by atoms with E-state index in [0.29, 0.717) is 30.2 Å². The fraction of sp³-hybridized carbons (Fsp3) is 0.364. The summed E-state index contributed by atoms with van der Waals surface area (Å²) in [6, 6.07) is 9.36. The maximum atomic E-state index is 12.2. The molecule has 0 saturated heterocycles. The van der Waals surface area contributed by atoms with E-state index in [-0.39, 0.29) is 24.5 Å². The van der Waals surface area contributed by atoms with Gasteiger partial charge >= 0.3 is 0 Å². The van der Waals surface area contributed by atoms with Crippen LogP contribution in [0.5, 0.6) is 5.88 Å². The van der Waals surface area contributed by atoms with Gasteiger partial charge in [0.05, 0.1) is 12.8 Å². The summed E-state index contributed by atoms with van der Waals surface area (Å²) in [5.74, 6) is 0.560. The Morgan fingerprint density at radius 3 is 2.83 bits per heavy atom. The summed E-state index contributed by atoms with van der Waals surface area (Å²) < 4.78 is 7.53. The quantitative estimate of drug-likeness (QED) is 0.624. The van der Waals surface area contributed by atoms with Crippen LogP contribution < -0.4 is 10.1 Å². The summed E-state index contributed by atoms with van der Waals surface area (Å²) in [5.41, 5.74) is 3.15. The van der Waals surface area contributed by atoms with Crippen molar-refractivity contribution in [1.82, 2.24) is 14.6 Å². The molecule has 0 fully saturated rings. The summed E-state index contributed by atoms with van der Waals surface area (Å²) in [7, 11) is 0. The van der Waals surface area contributed by atoms with Crippen molar-refractivity contribution in [2.24, 2.45) is 0 Å². The molecule has 0 unspecified atom stereocenters. The van der Waals surface area contributed by atoms with Crippen molar-refractivity contribution >= 4 is 23.0 Å². The van der Waals surface area contributed by atoms with Gasteiger partial charge in [-0.25, -0.2) is 4.52 Å². The Morgan fingerprint density at radius 2 is 1.90 bits per heavy atom. The minimum atomic E-state index is -0.151. The van der Waals surface area contributed by atoms with E-state index in [1.54, 1.807) is 10.7 Å². The van der Waals surface area contributed by atoms with Crippen LogP contribution in [0.15, 0.2) is 42.7 Å².